The van der Waals surface area contributed by atoms with Crippen LogP contribution in [0.25, 0.3) is 10.8 Å². The number of hydrogen-bond acceptors (Lipinski definition) is 7. The quantitative estimate of drug-likeness (QED) is 0.471. The van der Waals surface area contributed by atoms with E-state index in [9.17, 15) is 14.4 Å². The first-order valence-corrected chi connectivity index (χ1v) is 9.56. The number of fused-ring (bicyclic) bond motifs is 2. The van der Waals surface area contributed by atoms with E-state index in [1.54, 1.807) is 42.5 Å². The van der Waals surface area contributed by atoms with Crippen molar-refractivity contribution in [3.05, 3.63) is 64.1 Å². The third kappa shape index (κ3) is 4.03. The smallest absolute Gasteiger partial charge is 0.312 e. The lowest BCUT2D eigenvalue weighted by Crippen LogP contribution is -2.23. The summed E-state index contributed by atoms with van der Waals surface area (Å²) in [5.74, 6) is 0.144. The molecule has 0 atom stereocenters. The van der Waals surface area contributed by atoms with Gasteiger partial charge in [0.05, 0.1) is 30.7 Å². The van der Waals surface area contributed by atoms with Crippen molar-refractivity contribution in [2.45, 2.75) is 12.8 Å². The number of carbonyl (C=O) groups excluding carboxylic acids is 2. The number of esters is 1. The van der Waals surface area contributed by atoms with E-state index in [0.717, 1.165) is 6.42 Å². The van der Waals surface area contributed by atoms with Crippen LogP contribution in [0, 0.1) is 0 Å². The van der Waals surface area contributed by atoms with Gasteiger partial charge >= 0.3 is 5.97 Å². The second-order valence-electron chi connectivity index (χ2n) is 6.89. The molecule has 0 saturated carbocycles. The zero-order chi connectivity index (χ0) is 21.1. The van der Waals surface area contributed by atoms with Crippen molar-refractivity contribution < 1.29 is 23.8 Å². The Morgan fingerprint density at radius 3 is 2.60 bits per heavy atom. The molecule has 0 fully saturated rings. The van der Waals surface area contributed by atoms with Crippen LogP contribution >= 0.6 is 0 Å². The molecule has 0 saturated heterocycles. The minimum absolute atomic E-state index is 0.150. The molecule has 8 heteroatoms. The van der Waals surface area contributed by atoms with E-state index >= 15 is 0 Å². The highest BCUT2D eigenvalue weighted by atomic mass is 16.5. The number of nitrogens with zero attached hydrogens (tertiary/aromatic N) is 2. The van der Waals surface area contributed by atoms with Gasteiger partial charge in [-0.15, -0.1) is 0 Å². The third-order valence-corrected chi connectivity index (χ3v) is 4.78. The minimum atomic E-state index is -0.603. The van der Waals surface area contributed by atoms with Gasteiger partial charge in [-0.25, -0.2) is 4.68 Å². The highest BCUT2D eigenvalue weighted by Gasteiger charge is 2.17. The fourth-order valence-corrected chi connectivity index (χ4v) is 3.26. The van der Waals surface area contributed by atoms with E-state index in [4.69, 9.17) is 14.2 Å². The average Bonchev–Trinajstić information content (AvgIpc) is 3.00. The van der Waals surface area contributed by atoms with Gasteiger partial charge in [0.25, 0.3) is 5.56 Å². The van der Waals surface area contributed by atoms with E-state index in [-0.39, 0.29) is 17.8 Å². The van der Waals surface area contributed by atoms with Crippen LogP contribution < -0.4 is 15.0 Å². The highest BCUT2D eigenvalue weighted by molar-refractivity contribution is 5.98. The summed E-state index contributed by atoms with van der Waals surface area (Å²) >= 11 is 0. The van der Waals surface area contributed by atoms with Crippen LogP contribution in [0.3, 0.4) is 0 Å². The first-order chi connectivity index (χ1) is 14.5. The lowest BCUT2D eigenvalue weighted by molar-refractivity contribution is -0.141. The Balaban J connectivity index is 1.44. The van der Waals surface area contributed by atoms with Crippen molar-refractivity contribution in [3.63, 3.8) is 0 Å². The molecule has 4 rings (SSSR count). The molecule has 0 amide bonds. The predicted octanol–water partition coefficient (Wildman–Crippen LogP) is 2.06. The molecular weight excluding hydrogens is 388 g/mol. The highest BCUT2D eigenvalue weighted by Crippen LogP contribution is 2.30. The summed E-state index contributed by atoms with van der Waals surface area (Å²) in [5, 5.41) is 5.23. The molecule has 0 aliphatic carbocycles. The molecule has 2 heterocycles. The standard InChI is InChI=1S/C22H20N2O6/c1-24-22(27)16-6-3-2-5-15(16)17(23-24)12-21(26)30-13-18(25)14-7-8-19-20(11-14)29-10-4-9-28-19/h2-3,5-8,11H,4,9-10,12-13H2,1H3. The van der Waals surface area contributed by atoms with Crippen molar-refractivity contribution >= 4 is 22.5 Å². The maximum absolute atomic E-state index is 12.4. The SMILES string of the molecule is Cn1nc(CC(=O)OCC(=O)c2ccc3c(c2)OCCCO3)c2ccccc2c1=O. The molecule has 30 heavy (non-hydrogen) atoms. The van der Waals surface area contributed by atoms with Crippen molar-refractivity contribution in [1.82, 2.24) is 9.78 Å². The molecule has 1 aromatic heterocycles. The van der Waals surface area contributed by atoms with Gasteiger partial charge in [0.2, 0.25) is 0 Å². The number of carbonyl (C=O) groups is 2. The molecule has 0 spiro atoms. The molecular formula is C22H20N2O6. The molecule has 2 aromatic carbocycles. The summed E-state index contributed by atoms with van der Waals surface area (Å²) in [6.45, 7) is 0.675. The molecule has 154 valence electrons. The van der Waals surface area contributed by atoms with Crippen LogP contribution in [0.15, 0.2) is 47.3 Å². The molecule has 0 N–H and O–H groups in total. The van der Waals surface area contributed by atoms with Gasteiger partial charge < -0.3 is 14.2 Å². The number of aryl methyl sites for hydroxylation is 1. The van der Waals surface area contributed by atoms with Crippen molar-refractivity contribution in [1.29, 1.82) is 0 Å². The minimum Gasteiger partial charge on any atom is -0.490 e. The Morgan fingerprint density at radius 1 is 1.07 bits per heavy atom. The van der Waals surface area contributed by atoms with Gasteiger partial charge in [0.1, 0.15) is 0 Å². The monoisotopic (exact) mass is 408 g/mol. The van der Waals surface area contributed by atoms with Gasteiger partial charge in [-0.1, -0.05) is 18.2 Å². The molecule has 0 bridgehead atoms. The van der Waals surface area contributed by atoms with Crippen molar-refractivity contribution in [2.75, 3.05) is 19.8 Å². The first-order valence-electron chi connectivity index (χ1n) is 9.56. The first kappa shape index (κ1) is 19.6. The van der Waals surface area contributed by atoms with E-state index in [2.05, 4.69) is 5.10 Å². The Morgan fingerprint density at radius 2 is 1.80 bits per heavy atom. The van der Waals surface area contributed by atoms with Crippen molar-refractivity contribution in [3.8, 4) is 11.5 Å². The third-order valence-electron chi connectivity index (χ3n) is 4.78. The number of benzene rings is 2. The van der Waals surface area contributed by atoms with Crippen LogP contribution in [-0.2, 0) is 23.0 Å². The van der Waals surface area contributed by atoms with Crippen LogP contribution in [0.4, 0.5) is 0 Å². The number of rotatable bonds is 5. The topological polar surface area (TPSA) is 96.7 Å². The van der Waals surface area contributed by atoms with E-state index in [1.165, 1.54) is 11.7 Å². The number of ketones is 1. The van der Waals surface area contributed by atoms with Gasteiger partial charge in [0, 0.05) is 24.4 Å². The van der Waals surface area contributed by atoms with Gasteiger partial charge in [0.15, 0.2) is 23.9 Å². The predicted molar refractivity (Wildman–Crippen MR) is 108 cm³/mol. The maximum atomic E-state index is 12.4. The second kappa shape index (κ2) is 8.36. The molecule has 1 aliphatic rings. The summed E-state index contributed by atoms with van der Waals surface area (Å²) in [6.07, 6.45) is 0.617. The summed E-state index contributed by atoms with van der Waals surface area (Å²) in [5.41, 5.74) is 0.547. The van der Waals surface area contributed by atoms with Crippen LogP contribution in [0.1, 0.15) is 22.5 Å². The number of hydrogen-bond donors (Lipinski definition) is 0. The van der Waals surface area contributed by atoms with Crippen LogP contribution in [0.5, 0.6) is 11.5 Å². The van der Waals surface area contributed by atoms with Crippen LogP contribution in [-0.4, -0.2) is 41.4 Å². The fourth-order valence-electron chi connectivity index (χ4n) is 3.26. The van der Waals surface area contributed by atoms with Crippen molar-refractivity contribution in [2.24, 2.45) is 7.05 Å². The number of aromatic nitrogens is 2. The Labute approximate surface area is 172 Å². The van der Waals surface area contributed by atoms with E-state index in [0.29, 0.717) is 46.7 Å². The molecule has 0 radical (unpaired) electrons. The largest absolute Gasteiger partial charge is 0.490 e. The summed E-state index contributed by atoms with van der Waals surface area (Å²) < 4.78 is 17.5. The second-order valence-corrected chi connectivity index (χ2v) is 6.89. The molecule has 0 unspecified atom stereocenters. The average molecular weight is 408 g/mol. The number of ether oxygens (including phenoxy) is 3. The summed E-state index contributed by atoms with van der Waals surface area (Å²) in [7, 11) is 1.53. The molecule has 3 aromatic rings. The van der Waals surface area contributed by atoms with Crippen LogP contribution in [0.2, 0.25) is 0 Å². The van der Waals surface area contributed by atoms with Gasteiger partial charge in [-0.05, 0) is 24.3 Å². The van der Waals surface area contributed by atoms with E-state index < -0.39 is 12.6 Å². The maximum Gasteiger partial charge on any atom is 0.312 e. The Bertz CT molecular complexity index is 1180. The Kier molecular flexibility index (Phi) is 5.47. The summed E-state index contributed by atoms with van der Waals surface area (Å²) in [6, 6.07) is 11.8. The summed E-state index contributed by atoms with van der Waals surface area (Å²) in [4.78, 5) is 37.0. The zero-order valence-corrected chi connectivity index (χ0v) is 16.4. The fraction of sp³-hybridized carbons (Fsp3) is 0.273. The molecule has 8 nitrogen and oxygen atoms in total. The number of Topliss-reactive ketones (excluding diaryl/α,β-unsaturated/α-hetero) is 1. The normalized spacial score (nSPS) is 13.0. The van der Waals surface area contributed by atoms with Gasteiger partial charge in [-0.3, -0.25) is 14.4 Å². The zero-order valence-electron chi connectivity index (χ0n) is 16.4. The lowest BCUT2D eigenvalue weighted by Gasteiger charge is -2.10. The Hall–Kier alpha value is -3.68. The van der Waals surface area contributed by atoms with E-state index in [1.807, 2.05) is 0 Å². The molecule has 1 aliphatic heterocycles. The van der Waals surface area contributed by atoms with Gasteiger partial charge in [-0.2, -0.15) is 5.10 Å². The lowest BCUT2D eigenvalue weighted by atomic mass is 10.1.